The van der Waals surface area contributed by atoms with Gasteiger partial charge in [-0.05, 0) is 25.0 Å². The van der Waals surface area contributed by atoms with Crippen molar-refractivity contribution in [3.8, 4) is 5.75 Å². The highest BCUT2D eigenvalue weighted by Crippen LogP contribution is 2.15. The largest absolute Gasteiger partial charge is 0.494 e. The van der Waals surface area contributed by atoms with Gasteiger partial charge in [-0.15, -0.1) is 0 Å². The number of aromatic nitrogens is 2. The summed E-state index contributed by atoms with van der Waals surface area (Å²) >= 11 is 0. The summed E-state index contributed by atoms with van der Waals surface area (Å²) in [5.41, 5.74) is 1.53. The first-order valence-electron chi connectivity index (χ1n) is 7.48. The highest BCUT2D eigenvalue weighted by atomic mass is 16.5. The predicted molar refractivity (Wildman–Crippen MR) is 81.7 cm³/mol. The van der Waals surface area contributed by atoms with Gasteiger partial charge >= 0.3 is 0 Å². The Morgan fingerprint density at radius 1 is 1.23 bits per heavy atom. The third-order valence-electron chi connectivity index (χ3n) is 3.85. The first-order chi connectivity index (χ1) is 10.7. The summed E-state index contributed by atoms with van der Waals surface area (Å²) in [4.78, 5) is 25.5. The monoisotopic (exact) mass is 301 g/mol. The van der Waals surface area contributed by atoms with Crippen LogP contribution in [0.25, 0.3) is 0 Å². The van der Waals surface area contributed by atoms with Crippen LogP contribution in [0.15, 0.2) is 35.1 Å². The molecule has 0 saturated carbocycles. The molecule has 3 rings (SSSR count). The molecular weight excluding hydrogens is 282 g/mol. The highest BCUT2D eigenvalue weighted by molar-refractivity contribution is 5.76. The van der Waals surface area contributed by atoms with Crippen LogP contribution in [-0.2, 0) is 17.8 Å². The summed E-state index contributed by atoms with van der Waals surface area (Å²) in [7, 11) is 0. The van der Waals surface area contributed by atoms with Crippen molar-refractivity contribution < 1.29 is 9.53 Å². The van der Waals surface area contributed by atoms with Gasteiger partial charge in [0, 0.05) is 18.5 Å². The summed E-state index contributed by atoms with van der Waals surface area (Å²) in [5.74, 6) is 0.923. The Labute approximate surface area is 128 Å². The quantitative estimate of drug-likeness (QED) is 0.820. The van der Waals surface area contributed by atoms with E-state index in [1.54, 1.807) is 4.90 Å². The number of hydrogen-bond donors (Lipinski definition) is 2. The molecule has 0 saturated heterocycles. The number of nitrogens with zero attached hydrogens (tertiary/aromatic N) is 1. The van der Waals surface area contributed by atoms with E-state index in [4.69, 9.17) is 4.74 Å². The van der Waals surface area contributed by atoms with Crippen molar-refractivity contribution in [2.45, 2.75) is 25.8 Å². The van der Waals surface area contributed by atoms with Crippen molar-refractivity contribution in [1.82, 2.24) is 15.1 Å². The maximum absolute atomic E-state index is 12.2. The lowest BCUT2D eigenvalue weighted by molar-refractivity contribution is -0.132. The number of hydrogen-bond acceptors (Lipinski definition) is 3. The van der Waals surface area contributed by atoms with Gasteiger partial charge in [-0.2, -0.15) is 0 Å². The standard InChI is InChI=1S/C16H19N3O3/c20-15(7-4-10-22-12-5-2-1-3-6-12)19-9-8-13-14(11-19)17-18-16(13)21/h1-3,5-6H,4,7-11H2,(H2,17,18,21). The number of benzene rings is 1. The van der Waals surface area contributed by atoms with E-state index in [1.165, 1.54) is 0 Å². The Bertz CT molecular complexity index is 690. The lowest BCUT2D eigenvalue weighted by Crippen LogP contribution is -2.36. The fourth-order valence-corrected chi connectivity index (χ4v) is 2.64. The van der Waals surface area contributed by atoms with Crippen molar-refractivity contribution in [2.24, 2.45) is 0 Å². The minimum absolute atomic E-state index is 0.0710. The molecule has 0 radical (unpaired) electrons. The van der Waals surface area contributed by atoms with Crippen LogP contribution in [0.5, 0.6) is 5.75 Å². The van der Waals surface area contributed by atoms with Gasteiger partial charge < -0.3 is 14.7 Å². The topological polar surface area (TPSA) is 78.2 Å². The lowest BCUT2D eigenvalue weighted by atomic mass is 10.1. The van der Waals surface area contributed by atoms with E-state index >= 15 is 0 Å². The molecule has 22 heavy (non-hydrogen) atoms. The van der Waals surface area contributed by atoms with Gasteiger partial charge in [-0.3, -0.25) is 14.7 Å². The maximum atomic E-state index is 12.2. The molecule has 0 unspecified atom stereocenters. The van der Waals surface area contributed by atoms with Gasteiger partial charge in [0.05, 0.1) is 18.8 Å². The molecule has 6 nitrogen and oxygen atoms in total. The third kappa shape index (κ3) is 3.21. The van der Waals surface area contributed by atoms with E-state index in [9.17, 15) is 9.59 Å². The van der Waals surface area contributed by atoms with Crippen molar-refractivity contribution in [1.29, 1.82) is 0 Å². The average Bonchev–Trinajstić information content (AvgIpc) is 2.93. The second-order valence-electron chi connectivity index (χ2n) is 5.37. The SMILES string of the molecule is O=C(CCCOc1ccccc1)N1CCc2c([nH][nH]c2=O)C1. The van der Waals surface area contributed by atoms with Gasteiger partial charge in [0.2, 0.25) is 5.91 Å². The molecule has 1 aromatic carbocycles. The Balaban J connectivity index is 1.44. The van der Waals surface area contributed by atoms with E-state index in [1.807, 2.05) is 30.3 Å². The number of carbonyl (C=O) groups is 1. The van der Waals surface area contributed by atoms with Crippen LogP contribution in [0.2, 0.25) is 0 Å². The summed E-state index contributed by atoms with van der Waals surface area (Å²) in [6, 6.07) is 9.58. The number of amides is 1. The first-order valence-corrected chi connectivity index (χ1v) is 7.48. The Morgan fingerprint density at radius 2 is 2.05 bits per heavy atom. The van der Waals surface area contributed by atoms with Gasteiger partial charge in [0.15, 0.2) is 0 Å². The summed E-state index contributed by atoms with van der Waals surface area (Å²) in [5, 5.41) is 5.41. The van der Waals surface area contributed by atoms with E-state index in [2.05, 4.69) is 10.2 Å². The molecule has 2 aromatic rings. The molecule has 6 heteroatoms. The fraction of sp³-hybridized carbons (Fsp3) is 0.375. The zero-order chi connectivity index (χ0) is 15.4. The molecule has 0 bridgehead atoms. The molecule has 1 aromatic heterocycles. The molecule has 1 aliphatic rings. The van der Waals surface area contributed by atoms with Crippen LogP contribution in [0, 0.1) is 0 Å². The normalized spacial score (nSPS) is 13.7. The summed E-state index contributed by atoms with van der Waals surface area (Å²) in [6.07, 6.45) is 1.75. The molecule has 0 spiro atoms. The Morgan fingerprint density at radius 3 is 2.86 bits per heavy atom. The molecule has 0 fully saturated rings. The Kier molecular flexibility index (Phi) is 4.27. The minimum Gasteiger partial charge on any atom is -0.494 e. The number of carbonyl (C=O) groups excluding carboxylic acids is 1. The van der Waals surface area contributed by atoms with Gasteiger partial charge in [0.1, 0.15) is 5.75 Å². The minimum atomic E-state index is -0.0710. The number of H-pyrrole nitrogens is 2. The number of nitrogens with one attached hydrogen (secondary N) is 2. The maximum Gasteiger partial charge on any atom is 0.267 e. The third-order valence-corrected chi connectivity index (χ3v) is 3.85. The number of para-hydroxylation sites is 1. The van der Waals surface area contributed by atoms with E-state index in [0.29, 0.717) is 39.0 Å². The average molecular weight is 301 g/mol. The summed E-state index contributed by atoms with van der Waals surface area (Å²) in [6.45, 7) is 1.61. The van der Waals surface area contributed by atoms with Gasteiger partial charge in [-0.1, -0.05) is 18.2 Å². The zero-order valence-electron chi connectivity index (χ0n) is 12.3. The molecule has 1 amide bonds. The van der Waals surface area contributed by atoms with Crippen LogP contribution >= 0.6 is 0 Å². The van der Waals surface area contributed by atoms with Crippen LogP contribution in [0.1, 0.15) is 24.1 Å². The van der Waals surface area contributed by atoms with Gasteiger partial charge in [0.25, 0.3) is 5.56 Å². The summed E-state index contributed by atoms with van der Waals surface area (Å²) < 4.78 is 5.58. The molecule has 0 aliphatic carbocycles. The molecular formula is C16H19N3O3. The van der Waals surface area contributed by atoms with Crippen molar-refractivity contribution in [3.63, 3.8) is 0 Å². The Hall–Kier alpha value is -2.50. The highest BCUT2D eigenvalue weighted by Gasteiger charge is 2.23. The molecule has 1 aliphatic heterocycles. The second kappa shape index (κ2) is 6.51. The smallest absolute Gasteiger partial charge is 0.267 e. The van der Waals surface area contributed by atoms with E-state index < -0.39 is 0 Å². The lowest BCUT2D eigenvalue weighted by Gasteiger charge is -2.26. The zero-order valence-corrected chi connectivity index (χ0v) is 12.3. The van der Waals surface area contributed by atoms with Crippen molar-refractivity contribution >= 4 is 5.91 Å². The van der Waals surface area contributed by atoms with Gasteiger partial charge in [-0.25, -0.2) is 0 Å². The molecule has 2 heterocycles. The second-order valence-corrected chi connectivity index (χ2v) is 5.37. The molecule has 116 valence electrons. The number of ether oxygens (including phenoxy) is 1. The van der Waals surface area contributed by atoms with E-state index in [0.717, 1.165) is 17.0 Å². The van der Waals surface area contributed by atoms with Crippen LogP contribution < -0.4 is 10.3 Å². The molecule has 2 N–H and O–H groups in total. The molecule has 0 atom stereocenters. The predicted octanol–water partition coefficient (Wildman–Crippen LogP) is 1.45. The fourth-order valence-electron chi connectivity index (χ4n) is 2.64. The number of fused-ring (bicyclic) bond motifs is 1. The van der Waals surface area contributed by atoms with Crippen LogP contribution in [-0.4, -0.2) is 34.2 Å². The van der Waals surface area contributed by atoms with Crippen molar-refractivity contribution in [3.05, 3.63) is 51.9 Å². The number of aromatic amines is 2. The number of rotatable bonds is 5. The van der Waals surface area contributed by atoms with Crippen molar-refractivity contribution in [2.75, 3.05) is 13.2 Å². The van der Waals surface area contributed by atoms with Crippen LogP contribution in [0.4, 0.5) is 0 Å². The van der Waals surface area contributed by atoms with E-state index in [-0.39, 0.29) is 11.5 Å². The first kappa shape index (κ1) is 14.4. The van der Waals surface area contributed by atoms with Crippen LogP contribution in [0.3, 0.4) is 0 Å².